The first kappa shape index (κ1) is 53.1. The molecule has 1 saturated heterocycles. The van der Waals surface area contributed by atoms with Crippen molar-refractivity contribution in [2.45, 2.75) is 222 Å². The third kappa shape index (κ3) is 34.3. The first-order valence-corrected chi connectivity index (χ1v) is 23.8. The van der Waals surface area contributed by atoms with Crippen LogP contribution < -0.4 is 0 Å². The summed E-state index contributed by atoms with van der Waals surface area (Å²) in [4.78, 5) is 25.4. The Bertz CT molecular complexity index is 806. The number of methoxy groups -OCH3 is 1. The zero-order valence-electron chi connectivity index (χ0n) is 38.1. The zero-order chi connectivity index (χ0) is 40.2. The summed E-state index contributed by atoms with van der Waals surface area (Å²) >= 11 is 0. The maximum Gasteiger partial charge on any atom is 0.305 e. The molecule has 0 bridgehead atoms. The molecule has 0 N–H and O–H groups in total. The number of esters is 1. The predicted octanol–water partition coefficient (Wildman–Crippen LogP) is 14.3. The van der Waals surface area contributed by atoms with E-state index in [1.54, 1.807) is 7.11 Å². The van der Waals surface area contributed by atoms with Crippen molar-refractivity contribution in [2.24, 2.45) is 41.4 Å². The van der Waals surface area contributed by atoms with Gasteiger partial charge in [0.2, 0.25) is 0 Å². The highest BCUT2D eigenvalue weighted by Gasteiger charge is 2.17. The van der Waals surface area contributed by atoms with Crippen molar-refractivity contribution in [1.82, 2.24) is 4.90 Å². The highest BCUT2D eigenvalue weighted by molar-refractivity contribution is 5.69. The Labute approximate surface area is 339 Å². The molecule has 54 heavy (non-hydrogen) atoms. The van der Waals surface area contributed by atoms with E-state index in [0.717, 1.165) is 68.7 Å². The number of nitrogens with zero attached hydrogens (tertiary/aromatic N) is 1. The Morgan fingerprint density at radius 3 is 1.48 bits per heavy atom. The first-order chi connectivity index (χ1) is 26.0. The molecular formula is C49H97NO4. The Hall–Kier alpha value is -0.940. The largest absolute Gasteiger partial charge is 0.465 e. The van der Waals surface area contributed by atoms with Gasteiger partial charge in [-0.05, 0) is 106 Å². The molecule has 3 unspecified atom stereocenters. The van der Waals surface area contributed by atoms with Gasteiger partial charge in [-0.1, -0.05) is 165 Å². The number of ether oxygens (including phenoxy) is 2. The Morgan fingerprint density at radius 1 is 0.556 bits per heavy atom. The van der Waals surface area contributed by atoms with Gasteiger partial charge in [-0.15, -0.1) is 0 Å². The van der Waals surface area contributed by atoms with Crippen molar-refractivity contribution in [2.75, 3.05) is 40.0 Å². The van der Waals surface area contributed by atoms with Crippen LogP contribution in [0.2, 0.25) is 0 Å². The number of unbranched alkanes of at least 4 members (excludes halogenated alkanes) is 13. The van der Waals surface area contributed by atoms with E-state index in [9.17, 15) is 9.59 Å². The number of aldehydes is 1. The fourth-order valence-corrected chi connectivity index (χ4v) is 7.91. The Morgan fingerprint density at radius 2 is 1.02 bits per heavy atom. The monoisotopic (exact) mass is 764 g/mol. The first-order valence-electron chi connectivity index (χ1n) is 23.8. The topological polar surface area (TPSA) is 55.8 Å². The van der Waals surface area contributed by atoms with Crippen LogP contribution >= 0.6 is 0 Å². The molecule has 1 rings (SSSR count). The van der Waals surface area contributed by atoms with E-state index in [2.05, 4.69) is 60.3 Å². The normalized spacial score (nSPS) is 15.4. The van der Waals surface area contributed by atoms with Crippen LogP contribution in [-0.2, 0) is 19.1 Å². The highest BCUT2D eigenvalue weighted by Crippen LogP contribution is 2.25. The number of piperidine rings is 1. The molecule has 0 aromatic rings. The number of rotatable bonds is 35. The minimum atomic E-state index is 0.00962. The third-order valence-corrected chi connectivity index (χ3v) is 12.2. The van der Waals surface area contributed by atoms with Crippen molar-refractivity contribution in [3.05, 3.63) is 0 Å². The fraction of sp³-hybridized carbons (Fsp3) is 0.959. The quantitative estimate of drug-likeness (QED) is 0.0365. The van der Waals surface area contributed by atoms with Gasteiger partial charge in [0, 0.05) is 26.6 Å². The molecule has 0 saturated carbocycles. The van der Waals surface area contributed by atoms with E-state index in [1.807, 2.05) is 0 Å². The van der Waals surface area contributed by atoms with Crippen molar-refractivity contribution in [3.63, 3.8) is 0 Å². The maximum atomic E-state index is 12.2. The van der Waals surface area contributed by atoms with E-state index in [-0.39, 0.29) is 5.97 Å². The van der Waals surface area contributed by atoms with E-state index in [0.29, 0.717) is 30.8 Å². The van der Waals surface area contributed by atoms with E-state index >= 15 is 0 Å². The van der Waals surface area contributed by atoms with Gasteiger partial charge in [0.05, 0.1) is 6.61 Å². The summed E-state index contributed by atoms with van der Waals surface area (Å²) < 4.78 is 10.8. The van der Waals surface area contributed by atoms with Crippen LogP contribution in [0.5, 0.6) is 0 Å². The molecule has 0 aromatic heterocycles. The number of carbonyl (C=O) groups is 2. The van der Waals surface area contributed by atoms with Crippen LogP contribution in [-0.4, -0.2) is 57.1 Å². The van der Waals surface area contributed by atoms with E-state index in [1.165, 1.54) is 148 Å². The van der Waals surface area contributed by atoms with Gasteiger partial charge in [-0.3, -0.25) is 4.79 Å². The standard InChI is InChI=1S/C38H73NO3.C11H24O/c1-34(2)26-27-37(35(3)4)33-42-38(41)25-19-14-10-7-9-13-18-24-36(28-31-39-29-20-16-21-30-39)23-17-12-8-5-6-11-15-22-32-40;1-9(2)6-7-11(8-12-5)10(3)4/h32,34-37H,5-31,33H2,1-4H3;9-11H,6-8H2,1-5H3. The van der Waals surface area contributed by atoms with Crippen molar-refractivity contribution in [3.8, 4) is 0 Å². The summed E-state index contributed by atoms with van der Waals surface area (Å²) in [5.74, 6) is 5.02. The number of likely N-dealkylation sites (tertiary alicyclic amines) is 1. The molecule has 5 nitrogen and oxygen atoms in total. The van der Waals surface area contributed by atoms with Crippen molar-refractivity contribution in [1.29, 1.82) is 0 Å². The second-order valence-electron chi connectivity index (χ2n) is 18.9. The van der Waals surface area contributed by atoms with Crippen LogP contribution in [0.25, 0.3) is 0 Å². The second-order valence-corrected chi connectivity index (χ2v) is 18.9. The minimum absolute atomic E-state index is 0.00962. The number of hydrogen-bond donors (Lipinski definition) is 0. The van der Waals surface area contributed by atoms with E-state index < -0.39 is 0 Å². The van der Waals surface area contributed by atoms with Crippen LogP contribution in [0.3, 0.4) is 0 Å². The summed E-state index contributed by atoms with van der Waals surface area (Å²) in [5, 5.41) is 0. The average molecular weight is 764 g/mol. The van der Waals surface area contributed by atoms with Gasteiger partial charge < -0.3 is 19.2 Å². The highest BCUT2D eigenvalue weighted by atomic mass is 16.5. The maximum absolute atomic E-state index is 12.2. The van der Waals surface area contributed by atoms with Crippen LogP contribution in [0.15, 0.2) is 0 Å². The lowest BCUT2D eigenvalue weighted by molar-refractivity contribution is -0.145. The zero-order valence-corrected chi connectivity index (χ0v) is 38.1. The van der Waals surface area contributed by atoms with Gasteiger partial charge in [0.1, 0.15) is 6.29 Å². The molecule has 1 heterocycles. The lowest BCUT2D eigenvalue weighted by atomic mass is 9.89. The van der Waals surface area contributed by atoms with Gasteiger partial charge in [-0.25, -0.2) is 0 Å². The fourth-order valence-electron chi connectivity index (χ4n) is 7.91. The van der Waals surface area contributed by atoms with Gasteiger partial charge in [0.25, 0.3) is 0 Å². The van der Waals surface area contributed by atoms with Crippen molar-refractivity contribution < 1.29 is 19.1 Å². The lowest BCUT2D eigenvalue weighted by Gasteiger charge is -2.28. The third-order valence-electron chi connectivity index (χ3n) is 12.2. The van der Waals surface area contributed by atoms with Crippen molar-refractivity contribution >= 4 is 12.3 Å². The molecule has 5 heteroatoms. The summed E-state index contributed by atoms with van der Waals surface area (Å²) in [6.45, 7) is 23.7. The molecule has 3 atom stereocenters. The lowest BCUT2D eigenvalue weighted by Crippen LogP contribution is -2.31. The molecule has 0 amide bonds. The molecule has 322 valence electrons. The Balaban J connectivity index is 0.00000199. The molecule has 0 radical (unpaired) electrons. The summed E-state index contributed by atoms with van der Waals surface area (Å²) in [6, 6.07) is 0. The molecule has 0 aromatic carbocycles. The van der Waals surface area contributed by atoms with Crippen LogP contribution in [0.4, 0.5) is 0 Å². The summed E-state index contributed by atoms with van der Waals surface area (Å²) in [5.41, 5.74) is 0. The van der Waals surface area contributed by atoms with Crippen LogP contribution in [0, 0.1) is 41.4 Å². The Kier molecular flexibility index (Phi) is 37.0. The van der Waals surface area contributed by atoms with Gasteiger partial charge in [0.15, 0.2) is 0 Å². The molecular weight excluding hydrogens is 667 g/mol. The average Bonchev–Trinajstić information content (AvgIpc) is 3.13. The number of carbonyl (C=O) groups excluding carboxylic acids is 2. The SMILES string of the molecule is CC(C)CCC(COC(=O)CCCCCCCCCC(CCCCCCCCCC=O)CCN1CCCCC1)C(C)C.COCC(CCC(C)C)C(C)C. The summed E-state index contributed by atoms with van der Waals surface area (Å²) in [6.07, 6.45) is 33.8. The second kappa shape index (κ2) is 37.6. The van der Waals surface area contributed by atoms with Crippen LogP contribution in [0.1, 0.15) is 222 Å². The minimum Gasteiger partial charge on any atom is -0.465 e. The number of hydrogen-bond acceptors (Lipinski definition) is 5. The van der Waals surface area contributed by atoms with Gasteiger partial charge in [-0.2, -0.15) is 0 Å². The molecule has 0 aliphatic carbocycles. The summed E-state index contributed by atoms with van der Waals surface area (Å²) in [7, 11) is 1.80. The predicted molar refractivity (Wildman–Crippen MR) is 235 cm³/mol. The molecule has 0 spiro atoms. The molecule has 1 aliphatic heterocycles. The van der Waals surface area contributed by atoms with E-state index in [4.69, 9.17) is 9.47 Å². The molecule has 1 aliphatic rings. The smallest absolute Gasteiger partial charge is 0.305 e. The van der Waals surface area contributed by atoms with Gasteiger partial charge >= 0.3 is 5.97 Å². The molecule has 1 fully saturated rings.